The summed E-state index contributed by atoms with van der Waals surface area (Å²) >= 11 is 0. The van der Waals surface area contributed by atoms with Gasteiger partial charge in [-0.25, -0.2) is 0 Å². The number of rotatable bonds is 6. The van der Waals surface area contributed by atoms with Crippen molar-refractivity contribution in [3.8, 4) is 0 Å². The van der Waals surface area contributed by atoms with Crippen LogP contribution in [0, 0.1) is 23.0 Å². The molecule has 2 rings (SSSR count). The third kappa shape index (κ3) is 4.24. The molecule has 0 aromatic heterocycles. The van der Waals surface area contributed by atoms with Crippen molar-refractivity contribution in [1.82, 2.24) is 5.32 Å². The molecular weight excluding hydrogens is 306 g/mol. The molecule has 132 valence electrons. The highest BCUT2D eigenvalue weighted by Gasteiger charge is 2.32. The molecule has 1 aliphatic rings. The summed E-state index contributed by atoms with van der Waals surface area (Å²) in [6.07, 6.45) is 3.71. The van der Waals surface area contributed by atoms with E-state index in [0.717, 1.165) is 31.2 Å². The summed E-state index contributed by atoms with van der Waals surface area (Å²) in [5.74, 6) is -0.0471. The average Bonchev–Trinajstić information content (AvgIpc) is 2.55. The number of unbranched alkanes of at least 4 members (excludes halogenated alkanes) is 1. The minimum Gasteiger partial charge on any atom is -0.362 e. The van der Waals surface area contributed by atoms with Crippen LogP contribution in [0.2, 0.25) is 0 Å². The highest BCUT2D eigenvalue weighted by atomic mass is 16.6. The monoisotopic (exact) mass is 333 g/mol. The summed E-state index contributed by atoms with van der Waals surface area (Å²) in [4.78, 5) is 25.5. The Bertz CT molecular complexity index is 603. The number of aryl methyl sites for hydroxylation is 1. The minimum atomic E-state index is -0.333. The molecule has 2 atom stereocenters. The summed E-state index contributed by atoms with van der Waals surface area (Å²) in [6.45, 7) is 7.23. The molecule has 1 amide bonds. The average molecular weight is 333 g/mol. The van der Waals surface area contributed by atoms with Crippen LogP contribution in [0.15, 0.2) is 18.2 Å². The highest BCUT2D eigenvalue weighted by molar-refractivity contribution is 5.80. The molecule has 24 heavy (non-hydrogen) atoms. The van der Waals surface area contributed by atoms with Crippen molar-refractivity contribution in [3.05, 3.63) is 33.9 Å². The summed E-state index contributed by atoms with van der Waals surface area (Å²) in [5.41, 5.74) is 1.60. The number of carbonyl (C=O) groups excluding carboxylic acids is 1. The van der Waals surface area contributed by atoms with Crippen molar-refractivity contribution in [1.29, 1.82) is 0 Å². The lowest BCUT2D eigenvalue weighted by atomic mass is 9.91. The first-order valence-electron chi connectivity index (χ1n) is 8.73. The maximum Gasteiger partial charge on any atom is 0.292 e. The molecular formula is C18H27N3O3. The number of nitrogens with zero attached hydrogens (tertiary/aromatic N) is 2. The smallest absolute Gasteiger partial charge is 0.292 e. The van der Waals surface area contributed by atoms with Gasteiger partial charge in [-0.1, -0.05) is 19.4 Å². The van der Waals surface area contributed by atoms with E-state index >= 15 is 0 Å². The number of anilines is 1. The highest BCUT2D eigenvalue weighted by Crippen LogP contribution is 2.35. The lowest BCUT2D eigenvalue weighted by Crippen LogP contribution is -2.47. The van der Waals surface area contributed by atoms with Crippen LogP contribution in [0.25, 0.3) is 0 Å². The molecule has 6 nitrogen and oxygen atoms in total. The topological polar surface area (TPSA) is 75.5 Å². The number of nitro groups is 1. The Kier molecular flexibility index (Phi) is 6.17. The molecule has 0 saturated carbocycles. The molecule has 1 aliphatic heterocycles. The van der Waals surface area contributed by atoms with Gasteiger partial charge in [-0.3, -0.25) is 14.9 Å². The number of piperidine rings is 1. The predicted molar refractivity (Wildman–Crippen MR) is 95.3 cm³/mol. The van der Waals surface area contributed by atoms with Gasteiger partial charge in [0.2, 0.25) is 5.91 Å². The van der Waals surface area contributed by atoms with Crippen molar-refractivity contribution in [2.75, 3.05) is 18.0 Å². The zero-order valence-electron chi connectivity index (χ0n) is 14.7. The largest absolute Gasteiger partial charge is 0.362 e. The Labute approximate surface area is 143 Å². The summed E-state index contributed by atoms with van der Waals surface area (Å²) in [7, 11) is 0. The van der Waals surface area contributed by atoms with Gasteiger partial charge in [-0.2, -0.15) is 0 Å². The van der Waals surface area contributed by atoms with E-state index in [2.05, 4.69) is 19.2 Å². The first kappa shape index (κ1) is 18.2. The Hall–Kier alpha value is -2.11. The van der Waals surface area contributed by atoms with Gasteiger partial charge in [-0.05, 0) is 44.7 Å². The number of benzene rings is 1. The van der Waals surface area contributed by atoms with Gasteiger partial charge >= 0.3 is 0 Å². The van der Waals surface area contributed by atoms with E-state index in [1.165, 1.54) is 0 Å². The molecule has 0 bridgehead atoms. The molecule has 6 heteroatoms. The maximum absolute atomic E-state index is 12.4. The van der Waals surface area contributed by atoms with Crippen LogP contribution < -0.4 is 10.2 Å². The van der Waals surface area contributed by atoms with E-state index in [4.69, 9.17) is 0 Å². The molecule has 1 fully saturated rings. The van der Waals surface area contributed by atoms with E-state index in [-0.39, 0.29) is 28.5 Å². The molecule has 1 aromatic rings. The van der Waals surface area contributed by atoms with E-state index in [1.807, 2.05) is 17.9 Å². The lowest BCUT2D eigenvalue weighted by molar-refractivity contribution is -0.384. The number of hydrogen-bond donors (Lipinski definition) is 1. The first-order valence-corrected chi connectivity index (χ1v) is 8.73. The zero-order chi connectivity index (χ0) is 17.7. The van der Waals surface area contributed by atoms with Gasteiger partial charge in [0, 0.05) is 25.2 Å². The fourth-order valence-corrected chi connectivity index (χ4v) is 3.21. The fourth-order valence-electron chi connectivity index (χ4n) is 3.21. The van der Waals surface area contributed by atoms with Crippen LogP contribution in [0.3, 0.4) is 0 Å². The third-order valence-electron chi connectivity index (χ3n) is 4.72. The molecule has 0 aliphatic carbocycles. The number of hydrogen-bond acceptors (Lipinski definition) is 4. The van der Waals surface area contributed by atoms with Crippen LogP contribution in [-0.4, -0.2) is 30.0 Å². The van der Waals surface area contributed by atoms with Crippen molar-refractivity contribution < 1.29 is 9.72 Å². The van der Waals surface area contributed by atoms with Crippen LogP contribution in [-0.2, 0) is 4.79 Å². The van der Waals surface area contributed by atoms with E-state index in [0.29, 0.717) is 18.8 Å². The third-order valence-corrected chi connectivity index (χ3v) is 4.72. The number of nitro benzene ring substituents is 1. The summed E-state index contributed by atoms with van der Waals surface area (Å²) in [6, 6.07) is 5.49. The van der Waals surface area contributed by atoms with Gasteiger partial charge in [0.1, 0.15) is 5.69 Å². The first-order chi connectivity index (χ1) is 11.4. The van der Waals surface area contributed by atoms with Crippen molar-refractivity contribution in [2.24, 2.45) is 5.92 Å². The Morgan fingerprint density at radius 1 is 1.42 bits per heavy atom. The van der Waals surface area contributed by atoms with Crippen LogP contribution in [0.5, 0.6) is 0 Å². The van der Waals surface area contributed by atoms with Gasteiger partial charge in [-0.15, -0.1) is 0 Å². The number of amides is 1. The summed E-state index contributed by atoms with van der Waals surface area (Å²) in [5, 5.41) is 14.4. The minimum absolute atomic E-state index is 0.0649. The number of nitrogens with one attached hydrogen (secondary N) is 1. The predicted octanol–water partition coefficient (Wildman–Crippen LogP) is 3.42. The zero-order valence-corrected chi connectivity index (χ0v) is 14.7. The lowest BCUT2D eigenvalue weighted by Gasteiger charge is -2.38. The van der Waals surface area contributed by atoms with Gasteiger partial charge in [0.25, 0.3) is 5.69 Å². The van der Waals surface area contributed by atoms with Crippen LogP contribution in [0.1, 0.15) is 45.1 Å². The molecule has 0 radical (unpaired) electrons. The normalized spacial score (nSPS) is 20.7. The molecule has 2 unspecified atom stereocenters. The van der Waals surface area contributed by atoms with E-state index in [9.17, 15) is 14.9 Å². The van der Waals surface area contributed by atoms with Crippen LogP contribution in [0.4, 0.5) is 11.4 Å². The summed E-state index contributed by atoms with van der Waals surface area (Å²) < 4.78 is 0. The second-order valence-electron chi connectivity index (χ2n) is 6.67. The Morgan fingerprint density at radius 2 is 2.17 bits per heavy atom. The Balaban J connectivity index is 2.17. The van der Waals surface area contributed by atoms with Crippen molar-refractivity contribution in [2.45, 2.75) is 52.5 Å². The van der Waals surface area contributed by atoms with Gasteiger partial charge < -0.3 is 10.2 Å². The molecule has 0 spiro atoms. The van der Waals surface area contributed by atoms with E-state index < -0.39 is 0 Å². The van der Waals surface area contributed by atoms with Crippen molar-refractivity contribution in [3.63, 3.8) is 0 Å². The molecule has 1 heterocycles. The quantitative estimate of drug-likeness (QED) is 0.492. The SMILES string of the molecule is CCCCNC(=O)C1CCC(C)N(c2ccc(C)cc2[N+](=O)[O-])C1. The fraction of sp³-hybridized carbons (Fsp3) is 0.611. The molecule has 1 aromatic carbocycles. The van der Waals surface area contributed by atoms with Gasteiger partial charge in [0.15, 0.2) is 0 Å². The van der Waals surface area contributed by atoms with Crippen molar-refractivity contribution >= 4 is 17.3 Å². The maximum atomic E-state index is 12.4. The second-order valence-corrected chi connectivity index (χ2v) is 6.67. The van der Waals surface area contributed by atoms with Crippen LogP contribution >= 0.6 is 0 Å². The molecule has 1 saturated heterocycles. The number of carbonyl (C=O) groups is 1. The standard InChI is InChI=1S/C18H27N3O3/c1-4-5-10-19-18(22)15-8-7-14(3)20(12-15)16-9-6-13(2)11-17(16)21(23)24/h6,9,11,14-15H,4-5,7-8,10,12H2,1-3H3,(H,19,22). The second kappa shape index (κ2) is 8.13. The van der Waals surface area contributed by atoms with Gasteiger partial charge in [0.05, 0.1) is 10.8 Å². The van der Waals surface area contributed by atoms with E-state index in [1.54, 1.807) is 12.1 Å². The Morgan fingerprint density at radius 3 is 2.83 bits per heavy atom. The molecule has 1 N–H and O–H groups in total.